The summed E-state index contributed by atoms with van der Waals surface area (Å²) in [5.74, 6) is 2.31. The van der Waals surface area contributed by atoms with Gasteiger partial charge in [-0.05, 0) is 48.0 Å². The number of hydrogen-bond acceptors (Lipinski definition) is 4. The number of halogens is 1. The molecule has 1 aliphatic rings. The Morgan fingerprint density at radius 1 is 1.00 bits per heavy atom. The zero-order valence-electron chi connectivity index (χ0n) is 13.7. The van der Waals surface area contributed by atoms with Crippen LogP contribution >= 0.6 is 11.6 Å². The smallest absolute Gasteiger partial charge is 0.161 e. The molecule has 0 aliphatic carbocycles. The van der Waals surface area contributed by atoms with Crippen LogP contribution in [0.4, 0.5) is 0 Å². The molecule has 0 amide bonds. The monoisotopic (exact) mass is 353 g/mol. The third-order valence-corrected chi connectivity index (χ3v) is 4.31. The van der Waals surface area contributed by atoms with Crippen molar-refractivity contribution in [1.82, 2.24) is 4.98 Å². The van der Waals surface area contributed by atoms with Gasteiger partial charge in [0.15, 0.2) is 11.5 Å². The van der Waals surface area contributed by atoms with Gasteiger partial charge in [-0.1, -0.05) is 23.7 Å². The normalized spacial score (nSPS) is 13.4. The largest absolute Gasteiger partial charge is 0.497 e. The molecule has 0 saturated heterocycles. The van der Waals surface area contributed by atoms with E-state index in [0.717, 1.165) is 39.4 Å². The molecule has 3 aromatic rings. The van der Waals surface area contributed by atoms with Crippen LogP contribution in [0.1, 0.15) is 11.3 Å². The van der Waals surface area contributed by atoms with Crippen LogP contribution in [0.5, 0.6) is 17.2 Å². The van der Waals surface area contributed by atoms with Gasteiger partial charge in [-0.25, -0.2) is 4.98 Å². The molecule has 0 radical (unpaired) electrons. The lowest BCUT2D eigenvalue weighted by Gasteiger charge is -2.18. The average Bonchev–Trinajstić information content (AvgIpc) is 2.66. The van der Waals surface area contributed by atoms with Gasteiger partial charge in [0.1, 0.15) is 19.0 Å². The van der Waals surface area contributed by atoms with Crippen LogP contribution in [0.25, 0.3) is 23.1 Å². The molecular weight excluding hydrogens is 338 g/mol. The third kappa shape index (κ3) is 3.26. The first-order valence-electron chi connectivity index (χ1n) is 7.95. The predicted molar refractivity (Wildman–Crippen MR) is 99.7 cm³/mol. The van der Waals surface area contributed by atoms with Gasteiger partial charge in [-0.2, -0.15) is 0 Å². The summed E-state index contributed by atoms with van der Waals surface area (Å²) in [6.45, 7) is 1.16. The molecule has 1 aliphatic heterocycles. The number of pyridine rings is 1. The van der Waals surface area contributed by atoms with Crippen LogP contribution in [0.2, 0.25) is 5.02 Å². The molecule has 2 heterocycles. The molecule has 1 aromatic heterocycles. The van der Waals surface area contributed by atoms with Gasteiger partial charge in [0.05, 0.1) is 23.3 Å². The maximum atomic E-state index is 6.40. The number of rotatable bonds is 3. The van der Waals surface area contributed by atoms with E-state index in [4.69, 9.17) is 25.8 Å². The molecule has 4 rings (SSSR count). The van der Waals surface area contributed by atoms with Gasteiger partial charge in [-0.15, -0.1) is 0 Å². The first kappa shape index (κ1) is 15.8. The molecule has 25 heavy (non-hydrogen) atoms. The van der Waals surface area contributed by atoms with Crippen molar-refractivity contribution in [2.24, 2.45) is 0 Å². The standard InChI is InChI=1S/C20H16ClNO3/c1-23-15-5-6-18-16(12-15)17(21)11-14(22-18)4-2-13-3-7-19-20(10-13)25-9-8-24-19/h2-7,10-12H,8-9H2,1H3. The predicted octanol–water partition coefficient (Wildman–Crippen LogP) is 4.84. The molecule has 0 atom stereocenters. The zero-order valence-corrected chi connectivity index (χ0v) is 14.4. The number of nitrogens with zero attached hydrogens (tertiary/aromatic N) is 1. The SMILES string of the molecule is COc1ccc2nc(C=Cc3ccc4c(c3)OCCO4)cc(Cl)c2c1. The van der Waals surface area contributed by atoms with E-state index >= 15 is 0 Å². The lowest BCUT2D eigenvalue weighted by molar-refractivity contribution is 0.171. The number of aromatic nitrogens is 1. The highest BCUT2D eigenvalue weighted by Gasteiger charge is 2.11. The van der Waals surface area contributed by atoms with Crippen LogP contribution in [-0.2, 0) is 0 Å². The number of benzene rings is 2. The van der Waals surface area contributed by atoms with E-state index in [2.05, 4.69) is 4.98 Å². The highest BCUT2D eigenvalue weighted by molar-refractivity contribution is 6.35. The Kier molecular flexibility index (Phi) is 4.20. The molecular formula is C20H16ClNO3. The van der Waals surface area contributed by atoms with Crippen molar-refractivity contribution in [2.45, 2.75) is 0 Å². The van der Waals surface area contributed by atoms with Crippen molar-refractivity contribution in [3.63, 3.8) is 0 Å². The Balaban J connectivity index is 1.65. The van der Waals surface area contributed by atoms with Gasteiger partial charge in [0, 0.05) is 5.39 Å². The van der Waals surface area contributed by atoms with E-state index in [1.54, 1.807) is 7.11 Å². The van der Waals surface area contributed by atoms with E-state index in [1.807, 2.05) is 54.6 Å². The molecule has 0 N–H and O–H groups in total. The summed E-state index contributed by atoms with van der Waals surface area (Å²) in [6.07, 6.45) is 3.91. The minimum atomic E-state index is 0.575. The van der Waals surface area contributed by atoms with E-state index in [0.29, 0.717) is 18.2 Å². The molecule has 0 fully saturated rings. The van der Waals surface area contributed by atoms with Gasteiger partial charge in [-0.3, -0.25) is 0 Å². The molecule has 0 bridgehead atoms. The first-order chi connectivity index (χ1) is 12.2. The summed E-state index contributed by atoms with van der Waals surface area (Å²) in [4.78, 5) is 4.63. The van der Waals surface area contributed by atoms with Crippen LogP contribution in [0, 0.1) is 0 Å². The third-order valence-electron chi connectivity index (χ3n) is 4.00. The van der Waals surface area contributed by atoms with Gasteiger partial charge in [0.2, 0.25) is 0 Å². The summed E-state index contributed by atoms with van der Waals surface area (Å²) >= 11 is 6.40. The topological polar surface area (TPSA) is 40.6 Å². The number of methoxy groups -OCH3 is 1. The van der Waals surface area contributed by atoms with Crippen molar-refractivity contribution in [3.8, 4) is 17.2 Å². The summed E-state index contributed by atoms with van der Waals surface area (Å²) in [6, 6.07) is 13.4. The molecule has 4 nitrogen and oxygen atoms in total. The minimum Gasteiger partial charge on any atom is -0.497 e. The second-order valence-corrected chi connectivity index (χ2v) is 6.06. The zero-order chi connectivity index (χ0) is 17.2. The van der Waals surface area contributed by atoms with E-state index < -0.39 is 0 Å². The summed E-state index contributed by atoms with van der Waals surface area (Å²) in [5, 5.41) is 1.52. The second kappa shape index (κ2) is 6.65. The van der Waals surface area contributed by atoms with Gasteiger partial charge >= 0.3 is 0 Å². The molecule has 2 aromatic carbocycles. The minimum absolute atomic E-state index is 0.575. The molecule has 0 spiro atoms. The molecule has 126 valence electrons. The quantitative estimate of drug-likeness (QED) is 0.675. The van der Waals surface area contributed by atoms with E-state index in [9.17, 15) is 0 Å². The second-order valence-electron chi connectivity index (χ2n) is 5.65. The van der Waals surface area contributed by atoms with Crippen molar-refractivity contribution in [2.75, 3.05) is 20.3 Å². The fourth-order valence-electron chi connectivity index (χ4n) is 2.74. The lowest BCUT2D eigenvalue weighted by atomic mass is 10.1. The van der Waals surface area contributed by atoms with Crippen molar-refractivity contribution < 1.29 is 14.2 Å². The highest BCUT2D eigenvalue weighted by Crippen LogP contribution is 2.32. The lowest BCUT2D eigenvalue weighted by Crippen LogP contribution is -2.15. The summed E-state index contributed by atoms with van der Waals surface area (Å²) in [5.41, 5.74) is 2.63. The van der Waals surface area contributed by atoms with Crippen molar-refractivity contribution in [3.05, 3.63) is 58.7 Å². The van der Waals surface area contributed by atoms with Crippen molar-refractivity contribution in [1.29, 1.82) is 0 Å². The Bertz CT molecular complexity index is 969. The van der Waals surface area contributed by atoms with E-state index in [-0.39, 0.29) is 0 Å². The van der Waals surface area contributed by atoms with Crippen LogP contribution < -0.4 is 14.2 Å². The number of ether oxygens (including phenoxy) is 3. The Hall–Kier alpha value is -2.72. The van der Waals surface area contributed by atoms with Crippen molar-refractivity contribution >= 4 is 34.7 Å². The molecule has 0 unspecified atom stereocenters. The highest BCUT2D eigenvalue weighted by atomic mass is 35.5. The molecule has 0 saturated carbocycles. The Morgan fingerprint density at radius 3 is 2.68 bits per heavy atom. The summed E-state index contributed by atoms with van der Waals surface area (Å²) < 4.78 is 16.4. The molecule has 5 heteroatoms. The Labute approximate surface area is 150 Å². The number of fused-ring (bicyclic) bond motifs is 2. The van der Waals surface area contributed by atoms with Gasteiger partial charge < -0.3 is 14.2 Å². The fraction of sp³-hybridized carbons (Fsp3) is 0.150. The number of hydrogen-bond donors (Lipinski definition) is 0. The maximum absolute atomic E-state index is 6.40. The van der Waals surface area contributed by atoms with Crippen LogP contribution in [0.3, 0.4) is 0 Å². The Morgan fingerprint density at radius 2 is 1.84 bits per heavy atom. The fourth-order valence-corrected chi connectivity index (χ4v) is 3.00. The first-order valence-corrected chi connectivity index (χ1v) is 8.33. The van der Waals surface area contributed by atoms with Gasteiger partial charge in [0.25, 0.3) is 0 Å². The van der Waals surface area contributed by atoms with Crippen LogP contribution in [0.15, 0.2) is 42.5 Å². The van der Waals surface area contributed by atoms with E-state index in [1.165, 1.54) is 0 Å². The average molecular weight is 354 g/mol. The summed E-state index contributed by atoms with van der Waals surface area (Å²) in [7, 11) is 1.63. The van der Waals surface area contributed by atoms with Crippen LogP contribution in [-0.4, -0.2) is 25.3 Å². The maximum Gasteiger partial charge on any atom is 0.161 e.